The van der Waals surface area contributed by atoms with Crippen molar-refractivity contribution in [3.63, 3.8) is 0 Å². The molecule has 16 heteroatoms. The van der Waals surface area contributed by atoms with Gasteiger partial charge < -0.3 is 32.3 Å². The van der Waals surface area contributed by atoms with E-state index in [1.807, 2.05) is 12.1 Å². The largest absolute Gasteiger partial charge is 0.370 e. The molecular weight excluding hydrogens is 557 g/mol. The summed E-state index contributed by atoms with van der Waals surface area (Å²) >= 11 is 0. The van der Waals surface area contributed by atoms with E-state index in [0.29, 0.717) is 36.3 Å². The smallest absolute Gasteiger partial charge is 0.322 e. The Morgan fingerprint density at radius 3 is 2.45 bits per heavy atom. The first-order valence-electron chi connectivity index (χ1n) is 12.8. The molecule has 2 aromatic carbocycles. The average molecular weight is 587 g/mol. The van der Waals surface area contributed by atoms with E-state index in [1.54, 1.807) is 12.1 Å². The van der Waals surface area contributed by atoms with E-state index in [0.717, 1.165) is 18.5 Å². The Morgan fingerprint density at radius 1 is 1.05 bits per heavy atom. The normalized spacial score (nSPS) is 12.8. The minimum atomic E-state index is -1.37. The van der Waals surface area contributed by atoms with Crippen molar-refractivity contribution in [3.05, 3.63) is 76.0 Å². The Labute approximate surface area is 237 Å². The lowest BCUT2D eigenvalue weighted by atomic mass is 10.1. The lowest BCUT2D eigenvalue weighted by Crippen LogP contribution is -2.62. The first kappa shape index (κ1) is 29.9. The van der Waals surface area contributed by atoms with Gasteiger partial charge in [0.15, 0.2) is 17.6 Å². The molecule has 0 spiro atoms. The van der Waals surface area contributed by atoms with Crippen molar-refractivity contribution in [1.82, 2.24) is 25.5 Å². The van der Waals surface area contributed by atoms with Crippen LogP contribution in [0.25, 0.3) is 11.1 Å². The number of carbonyl (C=O) groups is 2. The van der Waals surface area contributed by atoms with Gasteiger partial charge in [-0.15, -0.1) is 0 Å². The highest BCUT2D eigenvalue weighted by Crippen LogP contribution is 2.20. The number of nitrogens with two attached hydrogens (primary N) is 2. The van der Waals surface area contributed by atoms with Crippen molar-refractivity contribution in [2.24, 2.45) is 16.5 Å². The number of benzene rings is 2. The van der Waals surface area contributed by atoms with Crippen LogP contribution in [0.3, 0.4) is 0 Å². The number of aliphatic imine (C=N–C) groups is 1. The third kappa shape index (κ3) is 7.97. The second kappa shape index (κ2) is 13.5. The average Bonchev–Trinajstić information content (AvgIpc) is 2.91. The summed E-state index contributed by atoms with van der Waals surface area (Å²) in [5.74, 6) is -3.81. The van der Waals surface area contributed by atoms with Gasteiger partial charge in [-0.3, -0.25) is 20.1 Å². The van der Waals surface area contributed by atoms with E-state index in [9.17, 15) is 27.6 Å². The molecular formula is C26H29F3N10O3. The fourth-order valence-corrected chi connectivity index (χ4v) is 3.99. The fourth-order valence-electron chi connectivity index (χ4n) is 3.99. The number of rotatable bonds is 10. The molecule has 4 rings (SSSR count). The van der Waals surface area contributed by atoms with Crippen LogP contribution in [-0.2, 0) is 6.54 Å². The molecule has 13 nitrogen and oxygen atoms in total. The summed E-state index contributed by atoms with van der Waals surface area (Å²) in [6.45, 7) is 2.07. The number of aromatic amines is 1. The van der Waals surface area contributed by atoms with Crippen molar-refractivity contribution in [1.29, 1.82) is 0 Å². The highest BCUT2D eigenvalue weighted by molar-refractivity contribution is 5.91. The van der Waals surface area contributed by atoms with Crippen molar-refractivity contribution in [2.75, 3.05) is 36.8 Å². The van der Waals surface area contributed by atoms with Gasteiger partial charge in [-0.05, 0) is 24.1 Å². The van der Waals surface area contributed by atoms with Crippen LogP contribution in [0.15, 0.2) is 52.4 Å². The van der Waals surface area contributed by atoms with E-state index in [-0.39, 0.29) is 25.0 Å². The molecule has 0 bridgehead atoms. The van der Waals surface area contributed by atoms with Crippen LogP contribution in [0.1, 0.15) is 12.0 Å². The first-order chi connectivity index (χ1) is 20.1. The lowest BCUT2D eigenvalue weighted by molar-refractivity contribution is 0.151. The number of amides is 4. The molecule has 4 amide bonds. The molecule has 0 radical (unpaired) electrons. The summed E-state index contributed by atoms with van der Waals surface area (Å²) in [4.78, 5) is 48.9. The van der Waals surface area contributed by atoms with E-state index in [4.69, 9.17) is 11.5 Å². The number of nitrogens with one attached hydrogen (secondary N) is 5. The Kier molecular flexibility index (Phi) is 9.59. The highest BCUT2D eigenvalue weighted by Gasteiger charge is 2.32. The van der Waals surface area contributed by atoms with Crippen molar-refractivity contribution in [2.45, 2.75) is 19.0 Å². The molecule has 0 unspecified atom stereocenters. The minimum Gasteiger partial charge on any atom is -0.370 e. The Hall–Kier alpha value is -5.12. The predicted octanol–water partition coefficient (Wildman–Crippen LogP) is 1.65. The highest BCUT2D eigenvalue weighted by atomic mass is 19.2. The van der Waals surface area contributed by atoms with Crippen LogP contribution in [0.2, 0.25) is 0 Å². The maximum atomic E-state index is 13.7. The van der Waals surface area contributed by atoms with E-state index in [2.05, 4.69) is 36.2 Å². The van der Waals surface area contributed by atoms with Gasteiger partial charge in [0.1, 0.15) is 5.82 Å². The molecule has 0 saturated carbocycles. The molecule has 1 aromatic heterocycles. The number of hydrogen-bond donors (Lipinski definition) is 7. The second-order valence-electron chi connectivity index (χ2n) is 9.39. The Bertz CT molecular complexity index is 1520. The topological polar surface area (TPSA) is 196 Å². The number of urea groups is 2. The Balaban J connectivity index is 1.21. The van der Waals surface area contributed by atoms with Crippen LogP contribution in [-0.4, -0.2) is 65.1 Å². The molecule has 9 N–H and O–H groups in total. The number of nitrogens with zero attached hydrogens (tertiary/aromatic N) is 3. The number of aromatic nitrogens is 2. The summed E-state index contributed by atoms with van der Waals surface area (Å²) in [6.07, 6.45) is 2.13. The van der Waals surface area contributed by atoms with Crippen molar-refractivity contribution in [3.8, 4) is 11.1 Å². The zero-order valence-corrected chi connectivity index (χ0v) is 22.2. The molecule has 0 atom stereocenters. The number of anilines is 2. The number of H-pyrrole nitrogens is 1. The molecule has 0 aliphatic carbocycles. The molecule has 1 aliphatic rings. The molecule has 2 heterocycles. The summed E-state index contributed by atoms with van der Waals surface area (Å²) in [6, 6.07) is 6.37. The monoisotopic (exact) mass is 586 g/mol. The van der Waals surface area contributed by atoms with Crippen LogP contribution in [0.4, 0.5) is 34.4 Å². The van der Waals surface area contributed by atoms with Gasteiger partial charge in [-0.25, -0.2) is 27.7 Å². The van der Waals surface area contributed by atoms with E-state index < -0.39 is 46.8 Å². The number of carbonyl (C=O) groups excluding carboxylic acids is 2. The van der Waals surface area contributed by atoms with Gasteiger partial charge in [0.25, 0.3) is 5.56 Å². The number of guanidine groups is 1. The van der Waals surface area contributed by atoms with Crippen LogP contribution in [0.5, 0.6) is 0 Å². The van der Waals surface area contributed by atoms with Crippen LogP contribution >= 0.6 is 0 Å². The zero-order valence-electron chi connectivity index (χ0n) is 22.2. The second-order valence-corrected chi connectivity index (χ2v) is 9.39. The lowest BCUT2D eigenvalue weighted by Gasteiger charge is -2.39. The number of hydrogen-bond acceptors (Lipinski definition) is 6. The maximum Gasteiger partial charge on any atom is 0.322 e. The molecule has 3 aromatic rings. The Morgan fingerprint density at radius 2 is 1.76 bits per heavy atom. The maximum absolute atomic E-state index is 13.7. The summed E-state index contributed by atoms with van der Waals surface area (Å²) < 4.78 is 40.1. The quantitative estimate of drug-likeness (QED) is 0.0811. The number of halogens is 3. The van der Waals surface area contributed by atoms with Crippen molar-refractivity contribution >= 4 is 29.7 Å². The van der Waals surface area contributed by atoms with Gasteiger partial charge in [0.05, 0.1) is 17.3 Å². The molecule has 1 fully saturated rings. The minimum absolute atomic E-state index is 0.0673. The predicted molar refractivity (Wildman–Crippen MR) is 150 cm³/mol. The number of likely N-dealkylation sites (tertiary alicyclic amines) is 1. The zero-order chi connectivity index (χ0) is 30.2. The van der Waals surface area contributed by atoms with Crippen molar-refractivity contribution < 1.29 is 22.8 Å². The van der Waals surface area contributed by atoms with Gasteiger partial charge >= 0.3 is 12.1 Å². The molecule has 222 valence electrons. The summed E-state index contributed by atoms with van der Waals surface area (Å²) in [7, 11) is 0. The molecule has 1 saturated heterocycles. The van der Waals surface area contributed by atoms with Gasteiger partial charge in [0, 0.05) is 44.5 Å². The third-order valence-electron chi connectivity index (χ3n) is 6.19. The van der Waals surface area contributed by atoms with Gasteiger partial charge in [0.2, 0.25) is 5.95 Å². The van der Waals surface area contributed by atoms with E-state index >= 15 is 0 Å². The summed E-state index contributed by atoms with van der Waals surface area (Å²) in [5.41, 5.74) is 11.6. The summed E-state index contributed by atoms with van der Waals surface area (Å²) in [5, 5.41) is 10.5. The first-order valence-corrected chi connectivity index (χ1v) is 12.8. The van der Waals surface area contributed by atoms with E-state index in [1.165, 1.54) is 11.1 Å². The fraction of sp³-hybridized carbons (Fsp3) is 0.269. The third-order valence-corrected chi connectivity index (χ3v) is 6.19. The molecule has 1 aliphatic heterocycles. The molecule has 42 heavy (non-hydrogen) atoms. The standard InChI is InChI=1S/C26H29F3N10O3/c27-18-8-20(29)21(9-19(18)28)36-26(42)39-12-16(13-39)35-25(41)38-24-34-11-17(22(40)37-24)15-4-2-14(3-5-15)10-32-6-1-7-33-23(30)31/h2-5,8-9,11,16,32H,1,6-7,10,12-13H2,(H,36,42)(H4,30,31,33)(H3,34,35,37,38,40,41). The SMILES string of the molecule is NC(N)=NCCCNCc1ccc(-c2cnc(NC(=O)NC3CN(C(=O)Nc4cc(F)c(F)cc4F)C3)[nH]c2=O)cc1. The van der Waals surface area contributed by atoms with Gasteiger partial charge in [-0.2, -0.15) is 0 Å². The van der Waals surface area contributed by atoms with Gasteiger partial charge in [-0.1, -0.05) is 24.3 Å². The van der Waals surface area contributed by atoms with Crippen LogP contribution < -0.4 is 38.3 Å². The van der Waals surface area contributed by atoms with Crippen LogP contribution in [0, 0.1) is 17.5 Å².